The summed E-state index contributed by atoms with van der Waals surface area (Å²) < 4.78 is 0. The van der Waals surface area contributed by atoms with Crippen molar-refractivity contribution in [3.8, 4) is 0 Å². The Morgan fingerprint density at radius 3 is 2.91 bits per heavy atom. The summed E-state index contributed by atoms with van der Waals surface area (Å²) in [5.41, 5.74) is 0. The maximum atomic E-state index is 3.79. The molecular formula is C6H12N5. The Bertz CT molecular complexity index is 181. The van der Waals surface area contributed by atoms with Gasteiger partial charge in [0.15, 0.2) is 5.82 Å². The number of hydrogen-bond donors (Lipinski definition) is 1. The van der Waals surface area contributed by atoms with Gasteiger partial charge in [0.1, 0.15) is 0 Å². The molecular weight excluding hydrogens is 142 g/mol. The fourth-order valence-electron chi connectivity index (χ4n) is 0.708. The molecule has 0 aliphatic carbocycles. The monoisotopic (exact) mass is 154 g/mol. The summed E-state index contributed by atoms with van der Waals surface area (Å²) in [7, 11) is 4.06. The van der Waals surface area contributed by atoms with Crippen molar-refractivity contribution < 1.29 is 0 Å². The van der Waals surface area contributed by atoms with Gasteiger partial charge in [0.2, 0.25) is 0 Å². The highest BCUT2D eigenvalue weighted by Gasteiger charge is 1.97. The fraction of sp³-hybridized carbons (Fsp3) is 0.667. The minimum Gasteiger partial charge on any atom is -0.309 e. The van der Waals surface area contributed by atoms with E-state index in [4.69, 9.17) is 0 Å². The van der Waals surface area contributed by atoms with Gasteiger partial charge >= 0.3 is 0 Å². The Morgan fingerprint density at radius 2 is 2.36 bits per heavy atom. The predicted octanol–water partition coefficient (Wildman–Crippen LogP) is -0.296. The molecule has 1 heterocycles. The topological polar surface area (TPSA) is 57.7 Å². The Kier molecular flexibility index (Phi) is 2.97. The molecule has 0 aliphatic rings. The first-order valence-electron chi connectivity index (χ1n) is 3.50. The van der Waals surface area contributed by atoms with E-state index in [0.717, 1.165) is 13.0 Å². The smallest absolute Gasteiger partial charge is 0.178 e. The quantitative estimate of drug-likeness (QED) is 0.647. The average molecular weight is 154 g/mol. The van der Waals surface area contributed by atoms with Gasteiger partial charge in [-0.1, -0.05) is 5.21 Å². The summed E-state index contributed by atoms with van der Waals surface area (Å²) in [6.45, 7) is 1.01. The Balaban J connectivity index is 2.14. The highest BCUT2D eigenvalue weighted by atomic mass is 15.5. The molecule has 0 saturated heterocycles. The number of H-pyrrole nitrogens is 1. The van der Waals surface area contributed by atoms with Crippen LogP contribution in [0.15, 0.2) is 0 Å². The molecule has 1 radical (unpaired) electrons. The largest absolute Gasteiger partial charge is 0.309 e. The van der Waals surface area contributed by atoms with E-state index in [1.54, 1.807) is 0 Å². The molecule has 1 aromatic heterocycles. The van der Waals surface area contributed by atoms with Crippen molar-refractivity contribution in [2.24, 2.45) is 0 Å². The molecule has 0 unspecified atom stereocenters. The van der Waals surface area contributed by atoms with Gasteiger partial charge in [0.25, 0.3) is 0 Å². The van der Waals surface area contributed by atoms with E-state index in [1.165, 1.54) is 0 Å². The van der Waals surface area contributed by atoms with E-state index in [0.29, 0.717) is 5.82 Å². The van der Waals surface area contributed by atoms with E-state index < -0.39 is 0 Å². The van der Waals surface area contributed by atoms with Crippen molar-refractivity contribution >= 4 is 0 Å². The van der Waals surface area contributed by atoms with Crippen molar-refractivity contribution in [3.63, 3.8) is 0 Å². The molecule has 1 aromatic rings. The third-order valence-electron chi connectivity index (χ3n) is 1.26. The molecule has 0 saturated carbocycles. The minimum atomic E-state index is 0.673. The summed E-state index contributed by atoms with van der Waals surface area (Å²) >= 11 is 0. The van der Waals surface area contributed by atoms with Crippen molar-refractivity contribution in [2.45, 2.75) is 6.42 Å². The van der Waals surface area contributed by atoms with E-state index in [-0.39, 0.29) is 0 Å². The third-order valence-corrected chi connectivity index (χ3v) is 1.26. The van der Waals surface area contributed by atoms with Crippen LogP contribution in [0.4, 0.5) is 0 Å². The fourth-order valence-corrected chi connectivity index (χ4v) is 0.708. The summed E-state index contributed by atoms with van der Waals surface area (Å²) in [5, 5.41) is 13.4. The van der Waals surface area contributed by atoms with Gasteiger partial charge in [-0.3, -0.25) is 0 Å². The first-order chi connectivity index (χ1) is 5.29. The highest BCUT2D eigenvalue weighted by molar-refractivity contribution is 4.94. The molecule has 1 N–H and O–H groups in total. The molecule has 61 valence electrons. The van der Waals surface area contributed by atoms with Gasteiger partial charge < -0.3 is 4.90 Å². The SMILES string of the molecule is CN(C)CC[CH]c1nn[nH]n1. The number of nitrogens with zero attached hydrogens (tertiary/aromatic N) is 4. The second-order valence-electron chi connectivity index (χ2n) is 2.57. The minimum absolute atomic E-state index is 0.673. The molecule has 0 amide bonds. The number of aromatic nitrogens is 4. The van der Waals surface area contributed by atoms with Crippen LogP contribution in [0.3, 0.4) is 0 Å². The number of tetrazole rings is 1. The molecule has 0 fully saturated rings. The lowest BCUT2D eigenvalue weighted by Gasteiger charge is -2.06. The number of nitrogens with one attached hydrogen (secondary N) is 1. The molecule has 0 aliphatic heterocycles. The Morgan fingerprint density at radius 1 is 1.55 bits per heavy atom. The summed E-state index contributed by atoms with van der Waals surface area (Å²) in [5.74, 6) is 0.673. The van der Waals surface area contributed by atoms with Gasteiger partial charge in [-0.05, 0) is 27.1 Å². The van der Waals surface area contributed by atoms with Gasteiger partial charge in [-0.15, -0.1) is 10.2 Å². The van der Waals surface area contributed by atoms with Crippen molar-refractivity contribution in [2.75, 3.05) is 20.6 Å². The molecule has 11 heavy (non-hydrogen) atoms. The van der Waals surface area contributed by atoms with Crippen molar-refractivity contribution in [3.05, 3.63) is 12.2 Å². The predicted molar refractivity (Wildman–Crippen MR) is 40.8 cm³/mol. The Hall–Kier alpha value is -0.970. The van der Waals surface area contributed by atoms with Crippen LogP contribution in [0.1, 0.15) is 12.2 Å². The van der Waals surface area contributed by atoms with Crippen LogP contribution in [0, 0.1) is 6.42 Å². The zero-order valence-corrected chi connectivity index (χ0v) is 6.78. The van der Waals surface area contributed by atoms with Crippen LogP contribution >= 0.6 is 0 Å². The maximum absolute atomic E-state index is 3.79. The van der Waals surface area contributed by atoms with Crippen LogP contribution < -0.4 is 0 Å². The normalized spacial score (nSPS) is 10.8. The van der Waals surface area contributed by atoms with E-state index in [1.807, 2.05) is 20.5 Å². The van der Waals surface area contributed by atoms with E-state index in [2.05, 4.69) is 25.5 Å². The molecule has 0 aromatic carbocycles. The van der Waals surface area contributed by atoms with Gasteiger partial charge in [-0.25, -0.2) is 0 Å². The molecule has 1 rings (SSSR count). The average Bonchev–Trinajstić information content (AvgIpc) is 2.39. The third kappa shape index (κ3) is 3.08. The summed E-state index contributed by atoms with van der Waals surface area (Å²) in [4.78, 5) is 2.11. The number of hydrogen-bond acceptors (Lipinski definition) is 4. The highest BCUT2D eigenvalue weighted by Crippen LogP contribution is 1.95. The van der Waals surface area contributed by atoms with Crippen LogP contribution in [-0.4, -0.2) is 46.2 Å². The Labute approximate surface area is 65.8 Å². The molecule has 5 heteroatoms. The van der Waals surface area contributed by atoms with Gasteiger partial charge in [-0.2, -0.15) is 5.21 Å². The molecule has 0 atom stereocenters. The second-order valence-corrected chi connectivity index (χ2v) is 2.57. The lowest BCUT2D eigenvalue weighted by Crippen LogP contribution is -2.13. The van der Waals surface area contributed by atoms with E-state index in [9.17, 15) is 0 Å². The maximum Gasteiger partial charge on any atom is 0.178 e. The van der Waals surface area contributed by atoms with Gasteiger partial charge in [0.05, 0.1) is 0 Å². The van der Waals surface area contributed by atoms with Crippen molar-refractivity contribution in [1.29, 1.82) is 0 Å². The summed E-state index contributed by atoms with van der Waals surface area (Å²) in [6, 6.07) is 0. The standard InChI is InChI=1S/C6H12N5/c1-11(2)5-3-4-6-7-9-10-8-6/h4H,3,5H2,1-2H3,(H,7,8,9,10). The van der Waals surface area contributed by atoms with Gasteiger partial charge in [0, 0.05) is 6.42 Å². The number of rotatable bonds is 4. The molecule has 0 bridgehead atoms. The lowest BCUT2D eigenvalue weighted by atomic mass is 10.3. The zero-order valence-electron chi connectivity index (χ0n) is 6.78. The zero-order chi connectivity index (χ0) is 8.10. The molecule has 0 spiro atoms. The molecule has 5 nitrogen and oxygen atoms in total. The first-order valence-corrected chi connectivity index (χ1v) is 3.50. The van der Waals surface area contributed by atoms with Crippen LogP contribution in [0.25, 0.3) is 0 Å². The number of aromatic amines is 1. The van der Waals surface area contributed by atoms with Crippen molar-refractivity contribution in [1.82, 2.24) is 25.5 Å². The summed E-state index contributed by atoms with van der Waals surface area (Å²) in [6.07, 6.45) is 2.90. The lowest BCUT2D eigenvalue weighted by molar-refractivity contribution is 0.412. The van der Waals surface area contributed by atoms with E-state index >= 15 is 0 Å². The van der Waals surface area contributed by atoms with Crippen LogP contribution in [-0.2, 0) is 0 Å². The van der Waals surface area contributed by atoms with Crippen LogP contribution in [0.5, 0.6) is 0 Å². The van der Waals surface area contributed by atoms with Crippen LogP contribution in [0.2, 0.25) is 0 Å². The second kappa shape index (κ2) is 4.02. The first kappa shape index (κ1) is 8.13.